The lowest BCUT2D eigenvalue weighted by molar-refractivity contribution is 0.252. The first-order valence-electron chi connectivity index (χ1n) is 4.00. The molecule has 1 saturated carbocycles. The van der Waals surface area contributed by atoms with E-state index in [2.05, 4.69) is 27.6 Å². The lowest BCUT2D eigenvalue weighted by atomic mass is 10.0. The molecule has 2 nitrogen and oxygen atoms in total. The van der Waals surface area contributed by atoms with E-state index in [-0.39, 0.29) is 12.0 Å². The maximum Gasteiger partial charge on any atom is 0.0543 e. The average molecular weight is 275 g/mol. The van der Waals surface area contributed by atoms with Crippen molar-refractivity contribution in [2.75, 3.05) is 6.61 Å². The van der Waals surface area contributed by atoms with Gasteiger partial charge in [-0.2, -0.15) is 0 Å². The Kier molecular flexibility index (Phi) is 2.08. The van der Waals surface area contributed by atoms with E-state index in [1.807, 2.05) is 18.3 Å². The summed E-state index contributed by atoms with van der Waals surface area (Å²) < 4.78 is 1.14. The Balaban J connectivity index is 2.29. The zero-order valence-electron chi connectivity index (χ0n) is 6.63. The Bertz CT molecular complexity index is 279. The van der Waals surface area contributed by atoms with Gasteiger partial charge >= 0.3 is 0 Å². The van der Waals surface area contributed by atoms with Crippen LogP contribution in [0.3, 0.4) is 0 Å². The summed E-state index contributed by atoms with van der Waals surface area (Å²) >= 11 is 2.23. The van der Waals surface area contributed by atoms with Gasteiger partial charge in [-0.05, 0) is 47.6 Å². The third-order valence-electron chi connectivity index (χ3n) is 2.43. The van der Waals surface area contributed by atoms with E-state index >= 15 is 0 Å². The molecule has 0 saturated heterocycles. The SMILES string of the molecule is OCC1(c2ccc(I)cn2)CC1. The fourth-order valence-electron chi connectivity index (χ4n) is 1.34. The topological polar surface area (TPSA) is 33.1 Å². The van der Waals surface area contributed by atoms with Crippen LogP contribution in [0.2, 0.25) is 0 Å². The summed E-state index contributed by atoms with van der Waals surface area (Å²) in [6.45, 7) is 0.237. The van der Waals surface area contributed by atoms with Crippen LogP contribution in [0.25, 0.3) is 0 Å². The third kappa shape index (κ3) is 1.35. The maximum absolute atomic E-state index is 9.14. The van der Waals surface area contributed by atoms with Gasteiger partial charge in [0.2, 0.25) is 0 Å². The molecule has 1 aliphatic carbocycles. The summed E-state index contributed by atoms with van der Waals surface area (Å²) in [4.78, 5) is 4.32. The van der Waals surface area contributed by atoms with E-state index in [4.69, 9.17) is 5.11 Å². The van der Waals surface area contributed by atoms with Gasteiger partial charge in [-0.25, -0.2) is 0 Å². The van der Waals surface area contributed by atoms with Gasteiger partial charge in [0.25, 0.3) is 0 Å². The predicted octanol–water partition coefficient (Wildman–Crippen LogP) is 1.71. The molecular weight excluding hydrogens is 265 g/mol. The van der Waals surface area contributed by atoms with Gasteiger partial charge in [0.15, 0.2) is 0 Å². The molecule has 0 spiro atoms. The first-order valence-corrected chi connectivity index (χ1v) is 5.08. The molecule has 12 heavy (non-hydrogen) atoms. The largest absolute Gasteiger partial charge is 0.395 e. The highest BCUT2D eigenvalue weighted by Crippen LogP contribution is 2.46. The molecule has 0 atom stereocenters. The molecule has 64 valence electrons. The van der Waals surface area contributed by atoms with Crippen molar-refractivity contribution in [3.63, 3.8) is 0 Å². The fraction of sp³-hybridized carbons (Fsp3) is 0.444. The molecule has 0 amide bonds. The molecule has 3 heteroatoms. The van der Waals surface area contributed by atoms with Gasteiger partial charge in [0.05, 0.1) is 6.61 Å². The smallest absolute Gasteiger partial charge is 0.0543 e. The Morgan fingerprint density at radius 3 is 2.67 bits per heavy atom. The van der Waals surface area contributed by atoms with Crippen molar-refractivity contribution < 1.29 is 5.11 Å². The normalized spacial score (nSPS) is 19.2. The molecule has 1 heterocycles. The van der Waals surface area contributed by atoms with Crippen molar-refractivity contribution in [1.29, 1.82) is 0 Å². The second-order valence-electron chi connectivity index (χ2n) is 3.30. The van der Waals surface area contributed by atoms with Gasteiger partial charge in [0.1, 0.15) is 0 Å². The molecule has 0 radical (unpaired) electrons. The molecular formula is C9H10INO. The van der Waals surface area contributed by atoms with Crippen molar-refractivity contribution in [3.8, 4) is 0 Å². The van der Waals surface area contributed by atoms with E-state index in [9.17, 15) is 0 Å². The first-order chi connectivity index (χ1) is 5.77. The number of hydrogen-bond donors (Lipinski definition) is 1. The zero-order chi connectivity index (χ0) is 8.60. The van der Waals surface area contributed by atoms with Crippen molar-refractivity contribution in [1.82, 2.24) is 4.98 Å². The van der Waals surface area contributed by atoms with E-state index in [0.29, 0.717) is 0 Å². The molecule has 1 fully saturated rings. The zero-order valence-corrected chi connectivity index (χ0v) is 8.78. The Morgan fingerprint density at radius 1 is 1.50 bits per heavy atom. The molecule has 1 aromatic rings. The van der Waals surface area contributed by atoms with Gasteiger partial charge in [-0.15, -0.1) is 0 Å². The van der Waals surface area contributed by atoms with Crippen LogP contribution in [0.4, 0.5) is 0 Å². The molecule has 1 aromatic heterocycles. The van der Waals surface area contributed by atoms with Crippen LogP contribution in [0.5, 0.6) is 0 Å². The molecule has 2 rings (SSSR count). The van der Waals surface area contributed by atoms with Crippen molar-refractivity contribution >= 4 is 22.6 Å². The standard InChI is InChI=1S/C9H10INO/c10-7-1-2-8(11-5-7)9(6-12)3-4-9/h1-2,5,12H,3-4,6H2. The minimum absolute atomic E-state index is 0.0182. The number of aliphatic hydroxyl groups is 1. The summed E-state index contributed by atoms with van der Waals surface area (Å²) in [5.41, 5.74) is 1.06. The highest BCUT2D eigenvalue weighted by molar-refractivity contribution is 14.1. The molecule has 0 unspecified atom stereocenters. The van der Waals surface area contributed by atoms with Gasteiger partial charge in [0, 0.05) is 20.9 Å². The molecule has 0 aromatic carbocycles. The Labute approximate surface area is 85.2 Å². The second kappa shape index (κ2) is 2.96. The number of pyridine rings is 1. The number of aliphatic hydroxyl groups excluding tert-OH is 1. The summed E-state index contributed by atoms with van der Waals surface area (Å²) in [5.74, 6) is 0. The van der Waals surface area contributed by atoms with Crippen LogP contribution in [-0.2, 0) is 5.41 Å². The minimum Gasteiger partial charge on any atom is -0.395 e. The number of rotatable bonds is 2. The Hall–Kier alpha value is -0.160. The van der Waals surface area contributed by atoms with Crippen LogP contribution in [-0.4, -0.2) is 16.7 Å². The highest BCUT2D eigenvalue weighted by Gasteiger charge is 2.44. The number of aromatic nitrogens is 1. The maximum atomic E-state index is 9.14. The molecule has 1 aliphatic rings. The van der Waals surface area contributed by atoms with E-state index < -0.39 is 0 Å². The molecule has 0 aliphatic heterocycles. The summed E-state index contributed by atoms with van der Waals surface area (Å²) in [7, 11) is 0. The van der Waals surface area contributed by atoms with Gasteiger partial charge in [-0.3, -0.25) is 4.98 Å². The summed E-state index contributed by atoms with van der Waals surface area (Å²) in [6, 6.07) is 4.06. The number of hydrogen-bond acceptors (Lipinski definition) is 2. The lowest BCUT2D eigenvalue weighted by Crippen LogP contribution is -2.13. The van der Waals surface area contributed by atoms with Crippen LogP contribution in [0.1, 0.15) is 18.5 Å². The monoisotopic (exact) mass is 275 g/mol. The third-order valence-corrected chi connectivity index (χ3v) is 3.07. The van der Waals surface area contributed by atoms with E-state index in [0.717, 1.165) is 22.1 Å². The number of nitrogens with zero attached hydrogens (tertiary/aromatic N) is 1. The van der Waals surface area contributed by atoms with Crippen molar-refractivity contribution in [2.45, 2.75) is 18.3 Å². The highest BCUT2D eigenvalue weighted by atomic mass is 127. The lowest BCUT2D eigenvalue weighted by Gasteiger charge is -2.09. The van der Waals surface area contributed by atoms with Crippen LogP contribution < -0.4 is 0 Å². The van der Waals surface area contributed by atoms with E-state index in [1.165, 1.54) is 0 Å². The van der Waals surface area contributed by atoms with Crippen molar-refractivity contribution in [3.05, 3.63) is 27.6 Å². The van der Waals surface area contributed by atoms with Crippen molar-refractivity contribution in [2.24, 2.45) is 0 Å². The Morgan fingerprint density at radius 2 is 2.25 bits per heavy atom. The quantitative estimate of drug-likeness (QED) is 0.833. The van der Waals surface area contributed by atoms with Crippen LogP contribution in [0, 0.1) is 3.57 Å². The number of halogens is 1. The summed E-state index contributed by atoms with van der Waals surface area (Å²) in [6.07, 6.45) is 4.01. The predicted molar refractivity (Wildman–Crippen MR) is 55.0 cm³/mol. The fourth-order valence-corrected chi connectivity index (χ4v) is 1.65. The minimum atomic E-state index is 0.0182. The van der Waals surface area contributed by atoms with Crippen LogP contribution in [0.15, 0.2) is 18.3 Å². The molecule has 0 bridgehead atoms. The summed E-state index contributed by atoms with van der Waals surface area (Å²) in [5, 5.41) is 9.14. The molecule has 1 N–H and O–H groups in total. The van der Waals surface area contributed by atoms with Gasteiger partial charge < -0.3 is 5.11 Å². The van der Waals surface area contributed by atoms with Gasteiger partial charge in [-0.1, -0.05) is 0 Å². The van der Waals surface area contributed by atoms with Crippen LogP contribution >= 0.6 is 22.6 Å². The van der Waals surface area contributed by atoms with E-state index in [1.54, 1.807) is 0 Å². The second-order valence-corrected chi connectivity index (χ2v) is 4.55. The average Bonchev–Trinajstić information content (AvgIpc) is 2.86. The first kappa shape index (κ1) is 8.44.